The van der Waals surface area contributed by atoms with Crippen molar-refractivity contribution in [1.82, 2.24) is 0 Å². The smallest absolute Gasteiger partial charge is 0.668 e. The molecule has 0 saturated heterocycles. The topological polar surface area (TPSA) is 42.3 Å². The predicted molar refractivity (Wildman–Crippen MR) is 86.1 cm³/mol. The summed E-state index contributed by atoms with van der Waals surface area (Å²) in [6.45, 7) is 2.13. The molecule has 1 rings (SSSR count). The maximum absolute atomic E-state index is 13.1. The van der Waals surface area contributed by atoms with E-state index in [1.54, 1.807) is 28.2 Å². The van der Waals surface area contributed by atoms with Gasteiger partial charge < -0.3 is 23.1 Å². The van der Waals surface area contributed by atoms with E-state index in [4.69, 9.17) is 0 Å². The molecule has 0 aromatic rings. The molecule has 1 fully saturated rings. The van der Waals surface area contributed by atoms with Crippen molar-refractivity contribution in [3.63, 3.8) is 0 Å². The molecule has 0 aromatic carbocycles. The van der Waals surface area contributed by atoms with Gasteiger partial charge in [-0.25, -0.2) is 12.5 Å². The minimum atomic E-state index is -0.526. The second kappa shape index (κ2) is 21.4. The minimum absolute atomic E-state index is 0. The summed E-state index contributed by atoms with van der Waals surface area (Å²) in [5, 5.41) is 11.2. The Balaban J connectivity index is -0.000000122. The molecule has 3 unspecified atom stereocenters. The molecule has 3 atom stereocenters. The molecule has 0 spiro atoms. The van der Waals surface area contributed by atoms with Crippen LogP contribution in [-0.4, -0.2) is 54.2 Å². The van der Waals surface area contributed by atoms with Crippen LogP contribution in [0.3, 0.4) is 0 Å². The van der Waals surface area contributed by atoms with Crippen molar-refractivity contribution in [2.24, 2.45) is 5.92 Å². The summed E-state index contributed by atoms with van der Waals surface area (Å²) in [7, 11) is 8.61. The Hall–Kier alpha value is 1.11. The van der Waals surface area contributed by atoms with Gasteiger partial charge in [-0.05, 0) is 24.9 Å². The second-order valence-corrected chi connectivity index (χ2v) is 6.22. The average Bonchev–Trinajstić information content (AvgIpc) is 2.66. The zero-order valence-electron chi connectivity index (χ0n) is 13.6. The van der Waals surface area contributed by atoms with Crippen molar-refractivity contribution in [3.05, 3.63) is 23.1 Å². The largest absolute Gasteiger partial charge is 4.00 e. The Morgan fingerprint density at radius 3 is 1.74 bits per heavy atom. The van der Waals surface area contributed by atoms with E-state index in [0.29, 0.717) is 5.92 Å². The van der Waals surface area contributed by atoms with E-state index in [-0.39, 0.29) is 41.3 Å². The summed E-state index contributed by atoms with van der Waals surface area (Å²) >= 11 is 0. The number of alkyl halides is 1. The number of nitrogens with zero attached hydrogens (tertiary/aromatic N) is 3. The summed E-state index contributed by atoms with van der Waals surface area (Å²) < 4.78 is 13.1. The van der Waals surface area contributed by atoms with Crippen LogP contribution < -0.4 is 0 Å². The third-order valence-electron chi connectivity index (χ3n) is 2.41. The third kappa shape index (κ3) is 19.1. The maximum atomic E-state index is 13.1. The van der Waals surface area contributed by atoms with Crippen LogP contribution in [0.4, 0.5) is 4.39 Å². The van der Waals surface area contributed by atoms with E-state index in [1.807, 2.05) is 7.05 Å². The predicted octanol–water partition coefficient (Wildman–Crippen LogP) is 4.84. The van der Waals surface area contributed by atoms with E-state index >= 15 is 0 Å². The molecule has 0 aromatic heterocycles. The van der Waals surface area contributed by atoms with E-state index in [2.05, 4.69) is 22.4 Å². The number of halogens is 1. The van der Waals surface area contributed by atoms with E-state index < -0.39 is 6.17 Å². The zero-order valence-corrected chi connectivity index (χ0v) is 18.1. The van der Waals surface area contributed by atoms with Gasteiger partial charge in [-0.1, -0.05) is 13.1 Å². The number of hydrogen-bond donors (Lipinski definition) is 0. The normalized spacial score (nSPS) is 21.6. The average molecular weight is 458 g/mol. The van der Waals surface area contributed by atoms with E-state index in [0.717, 1.165) is 25.4 Å². The van der Waals surface area contributed by atoms with Crippen LogP contribution >= 0.6 is 8.07 Å². The summed E-state index contributed by atoms with van der Waals surface area (Å²) in [5.74, 6) is 0.329. The molecule has 0 radical (unpaired) electrons. The first kappa shape index (κ1) is 28.3. The Kier molecular flexibility index (Phi) is 31.9. The molecular formula is C13H31FHfN3P. The molecule has 1 aliphatic rings. The van der Waals surface area contributed by atoms with Gasteiger partial charge in [-0.15, -0.1) is 0 Å². The molecule has 3 nitrogen and oxygen atoms in total. The SMILES string of the molecule is C[N-]C.C[N-]C.C[N-]P(C)CC1CCCC1F.[CH3-].[Hf+4]. The van der Waals surface area contributed by atoms with Crippen LogP contribution in [0, 0.1) is 13.3 Å². The Bertz CT molecular complexity index is 154. The molecular weight excluding hydrogens is 427 g/mol. The van der Waals surface area contributed by atoms with Crippen molar-refractivity contribution >= 4 is 8.07 Å². The van der Waals surface area contributed by atoms with Crippen LogP contribution in [0.15, 0.2) is 0 Å². The van der Waals surface area contributed by atoms with Gasteiger partial charge in [0.2, 0.25) is 0 Å². The van der Waals surface area contributed by atoms with Crippen LogP contribution in [0.25, 0.3) is 15.7 Å². The van der Waals surface area contributed by atoms with Crippen molar-refractivity contribution in [2.45, 2.75) is 25.4 Å². The van der Waals surface area contributed by atoms with Gasteiger partial charge in [0.25, 0.3) is 0 Å². The Morgan fingerprint density at radius 2 is 1.47 bits per heavy atom. The molecule has 0 bridgehead atoms. The molecule has 0 heterocycles. The van der Waals surface area contributed by atoms with Crippen molar-refractivity contribution in [3.8, 4) is 0 Å². The summed E-state index contributed by atoms with van der Waals surface area (Å²) in [4.78, 5) is 0. The van der Waals surface area contributed by atoms with E-state index in [1.165, 1.54) is 0 Å². The molecule has 1 saturated carbocycles. The third-order valence-corrected chi connectivity index (χ3v) is 4.09. The van der Waals surface area contributed by atoms with Crippen molar-refractivity contribution < 1.29 is 30.2 Å². The molecule has 114 valence electrons. The van der Waals surface area contributed by atoms with Gasteiger partial charge in [0.15, 0.2) is 0 Å². The van der Waals surface area contributed by atoms with Gasteiger partial charge in [-0.3, -0.25) is 0 Å². The second-order valence-electron chi connectivity index (χ2n) is 4.14. The summed E-state index contributed by atoms with van der Waals surface area (Å²) in [6, 6.07) is 0. The van der Waals surface area contributed by atoms with Crippen LogP contribution in [0.5, 0.6) is 0 Å². The maximum Gasteiger partial charge on any atom is 4.00 e. The van der Waals surface area contributed by atoms with Crippen molar-refractivity contribution in [1.29, 1.82) is 0 Å². The quantitative estimate of drug-likeness (QED) is 0.330. The monoisotopic (exact) mass is 459 g/mol. The fourth-order valence-electron chi connectivity index (χ4n) is 1.62. The Labute approximate surface area is 140 Å². The van der Waals surface area contributed by atoms with Gasteiger partial charge in [0.05, 0.1) is 0 Å². The number of hydrogen-bond acceptors (Lipinski definition) is 0. The van der Waals surface area contributed by atoms with Gasteiger partial charge >= 0.3 is 25.8 Å². The Morgan fingerprint density at radius 1 is 1.05 bits per heavy atom. The first-order valence-electron chi connectivity index (χ1n) is 5.98. The van der Waals surface area contributed by atoms with Gasteiger partial charge in [-0.2, -0.15) is 35.2 Å². The molecule has 6 heteroatoms. The van der Waals surface area contributed by atoms with Crippen LogP contribution in [-0.2, 0) is 25.8 Å². The zero-order chi connectivity index (χ0) is 13.7. The standard InChI is InChI=1S/C8H16FNP.2C2H6N.CH3.Hf/c1-10-11(2)6-7-4-3-5-8(7)9;2*1-3-2;;/h7-8H,3-6H2,1-2H3;2*1-2H3;1H3;/q4*-1;+4. The number of rotatable bonds is 3. The van der Waals surface area contributed by atoms with Crippen LogP contribution in [0.2, 0.25) is 0 Å². The van der Waals surface area contributed by atoms with Crippen LogP contribution in [0.1, 0.15) is 19.3 Å². The fourth-order valence-corrected chi connectivity index (χ4v) is 2.87. The fraction of sp³-hybridized carbons (Fsp3) is 0.923. The molecule has 19 heavy (non-hydrogen) atoms. The summed E-state index contributed by atoms with van der Waals surface area (Å²) in [6.07, 6.45) is 3.44. The minimum Gasteiger partial charge on any atom is -0.668 e. The van der Waals surface area contributed by atoms with Gasteiger partial charge in [0, 0.05) is 0 Å². The van der Waals surface area contributed by atoms with Gasteiger partial charge in [0.1, 0.15) is 6.17 Å². The molecule has 0 amide bonds. The molecule has 0 N–H and O–H groups in total. The van der Waals surface area contributed by atoms with E-state index in [9.17, 15) is 4.39 Å². The van der Waals surface area contributed by atoms with Crippen molar-refractivity contribution in [2.75, 3.05) is 48.1 Å². The molecule has 1 aliphatic carbocycles. The summed E-state index contributed by atoms with van der Waals surface area (Å²) in [5.41, 5.74) is 0. The molecule has 0 aliphatic heterocycles. The first-order valence-corrected chi connectivity index (χ1v) is 7.90. The first-order chi connectivity index (χ1) is 8.06.